The largest absolute Gasteiger partial charge is 0.411 e. The maximum absolute atomic E-state index is 12.3. The molecule has 0 bridgehead atoms. The van der Waals surface area contributed by atoms with Crippen LogP contribution in [0.2, 0.25) is 0 Å². The first-order chi connectivity index (χ1) is 9.94. The van der Waals surface area contributed by atoms with Crippen LogP contribution in [0.1, 0.15) is 44.0 Å². The maximum Gasteiger partial charge on any atom is 0.251 e. The summed E-state index contributed by atoms with van der Waals surface area (Å²) in [5.74, 6) is 0.133. The highest BCUT2D eigenvalue weighted by molar-refractivity contribution is 6.00. The number of rotatable bonds is 3. The van der Waals surface area contributed by atoms with Gasteiger partial charge in [-0.15, -0.1) is 0 Å². The Balaban J connectivity index is 2.10. The van der Waals surface area contributed by atoms with Gasteiger partial charge in [-0.25, -0.2) is 0 Å². The van der Waals surface area contributed by atoms with Gasteiger partial charge in [0.15, 0.2) is 0 Å². The Morgan fingerprint density at radius 3 is 2.62 bits per heavy atom. The SMILES string of the molecule is CC1=CCC(C(C)(C)NC(=O)c2ccccc2)CC1=NO. The molecule has 112 valence electrons. The zero-order valence-electron chi connectivity index (χ0n) is 12.8. The molecular weight excluding hydrogens is 264 g/mol. The third-order valence-corrected chi connectivity index (χ3v) is 4.22. The lowest BCUT2D eigenvalue weighted by Crippen LogP contribution is -2.50. The second-order valence-electron chi connectivity index (χ2n) is 6.11. The van der Waals surface area contributed by atoms with Crippen LogP contribution in [0.5, 0.6) is 0 Å². The number of allylic oxidation sites excluding steroid dienone is 2. The summed E-state index contributed by atoms with van der Waals surface area (Å²) in [6.07, 6.45) is 3.60. The van der Waals surface area contributed by atoms with Gasteiger partial charge in [0.05, 0.1) is 5.71 Å². The number of oxime groups is 1. The normalized spacial score (nSPS) is 21.0. The highest BCUT2D eigenvalue weighted by Gasteiger charge is 2.33. The minimum absolute atomic E-state index is 0.0747. The van der Waals surface area contributed by atoms with Crippen LogP contribution >= 0.6 is 0 Å². The lowest BCUT2D eigenvalue weighted by Gasteiger charge is -2.37. The van der Waals surface area contributed by atoms with Crippen molar-refractivity contribution in [1.29, 1.82) is 0 Å². The molecule has 0 fully saturated rings. The molecule has 1 atom stereocenters. The van der Waals surface area contributed by atoms with E-state index in [0.717, 1.165) is 12.0 Å². The highest BCUT2D eigenvalue weighted by Crippen LogP contribution is 2.30. The lowest BCUT2D eigenvalue weighted by molar-refractivity contribution is 0.0881. The summed E-state index contributed by atoms with van der Waals surface area (Å²) >= 11 is 0. The molecule has 1 aliphatic rings. The van der Waals surface area contributed by atoms with E-state index in [-0.39, 0.29) is 17.4 Å². The standard InChI is InChI=1S/C17H22N2O2/c1-12-9-10-14(11-15(12)19-21)17(2,3)18-16(20)13-7-5-4-6-8-13/h4-9,14,21H,10-11H2,1-3H3,(H,18,20). The van der Waals surface area contributed by atoms with Crippen molar-refractivity contribution in [1.82, 2.24) is 5.32 Å². The molecule has 1 amide bonds. The van der Waals surface area contributed by atoms with E-state index < -0.39 is 0 Å². The molecule has 0 aliphatic heterocycles. The smallest absolute Gasteiger partial charge is 0.251 e. The van der Waals surface area contributed by atoms with Gasteiger partial charge in [-0.2, -0.15) is 0 Å². The number of amides is 1. The lowest BCUT2D eigenvalue weighted by atomic mass is 9.76. The average Bonchev–Trinajstić information content (AvgIpc) is 2.48. The summed E-state index contributed by atoms with van der Waals surface area (Å²) in [7, 11) is 0. The van der Waals surface area contributed by atoms with Crippen LogP contribution in [0.4, 0.5) is 0 Å². The molecule has 0 heterocycles. The van der Waals surface area contributed by atoms with E-state index in [1.54, 1.807) is 12.1 Å². The highest BCUT2D eigenvalue weighted by atomic mass is 16.4. The maximum atomic E-state index is 12.3. The number of nitrogens with one attached hydrogen (secondary N) is 1. The fraction of sp³-hybridized carbons (Fsp3) is 0.412. The molecule has 1 aromatic carbocycles. The van der Waals surface area contributed by atoms with Gasteiger partial charge in [0.25, 0.3) is 5.91 Å². The average molecular weight is 286 g/mol. The van der Waals surface area contributed by atoms with Gasteiger partial charge in [-0.05, 0) is 57.2 Å². The zero-order chi connectivity index (χ0) is 15.5. The van der Waals surface area contributed by atoms with Gasteiger partial charge >= 0.3 is 0 Å². The summed E-state index contributed by atoms with van der Waals surface area (Å²) in [6.45, 7) is 5.98. The fourth-order valence-electron chi connectivity index (χ4n) is 2.64. The van der Waals surface area contributed by atoms with E-state index in [2.05, 4.69) is 16.5 Å². The monoisotopic (exact) mass is 286 g/mol. The third kappa shape index (κ3) is 3.51. The van der Waals surface area contributed by atoms with Gasteiger partial charge in [-0.3, -0.25) is 4.79 Å². The number of hydrogen-bond acceptors (Lipinski definition) is 3. The van der Waals surface area contributed by atoms with Crippen LogP contribution in [0.25, 0.3) is 0 Å². The second kappa shape index (κ2) is 6.12. The number of carbonyl (C=O) groups excluding carboxylic acids is 1. The van der Waals surface area contributed by atoms with Gasteiger partial charge in [0.1, 0.15) is 0 Å². The van der Waals surface area contributed by atoms with Crippen molar-refractivity contribution in [2.45, 2.75) is 39.2 Å². The predicted octanol–water partition coefficient (Wildman–Crippen LogP) is 3.38. The number of benzene rings is 1. The molecule has 0 aromatic heterocycles. The van der Waals surface area contributed by atoms with E-state index in [4.69, 9.17) is 5.21 Å². The molecule has 1 aliphatic carbocycles. The summed E-state index contributed by atoms with van der Waals surface area (Å²) < 4.78 is 0. The molecule has 0 saturated heterocycles. The Kier molecular flexibility index (Phi) is 4.46. The first-order valence-electron chi connectivity index (χ1n) is 7.19. The van der Waals surface area contributed by atoms with Crippen LogP contribution in [0.15, 0.2) is 47.1 Å². The van der Waals surface area contributed by atoms with Crippen molar-refractivity contribution in [2.75, 3.05) is 0 Å². The Bertz CT molecular complexity index is 574. The number of carbonyl (C=O) groups is 1. The van der Waals surface area contributed by atoms with Gasteiger partial charge in [0.2, 0.25) is 0 Å². The molecule has 1 aromatic rings. The molecule has 2 N–H and O–H groups in total. The van der Waals surface area contributed by atoms with Crippen LogP contribution < -0.4 is 5.32 Å². The van der Waals surface area contributed by atoms with Crippen molar-refractivity contribution >= 4 is 11.6 Å². The molecule has 2 rings (SSSR count). The minimum atomic E-state index is -0.375. The van der Waals surface area contributed by atoms with Crippen LogP contribution in [-0.4, -0.2) is 22.4 Å². The van der Waals surface area contributed by atoms with E-state index >= 15 is 0 Å². The molecular formula is C17H22N2O2. The second-order valence-corrected chi connectivity index (χ2v) is 6.11. The van der Waals surface area contributed by atoms with E-state index in [1.165, 1.54) is 0 Å². The van der Waals surface area contributed by atoms with E-state index in [1.807, 2.05) is 39.0 Å². The predicted molar refractivity (Wildman–Crippen MR) is 83.7 cm³/mol. The van der Waals surface area contributed by atoms with Crippen LogP contribution in [0.3, 0.4) is 0 Å². The quantitative estimate of drug-likeness (QED) is 0.661. The van der Waals surface area contributed by atoms with Crippen LogP contribution in [0, 0.1) is 5.92 Å². The summed E-state index contributed by atoms with van der Waals surface area (Å²) in [4.78, 5) is 12.3. The van der Waals surface area contributed by atoms with Gasteiger partial charge < -0.3 is 10.5 Å². The Morgan fingerprint density at radius 2 is 2.00 bits per heavy atom. The fourth-order valence-corrected chi connectivity index (χ4v) is 2.64. The van der Waals surface area contributed by atoms with Gasteiger partial charge in [0, 0.05) is 11.1 Å². The topological polar surface area (TPSA) is 61.7 Å². The van der Waals surface area contributed by atoms with E-state index in [9.17, 15) is 4.79 Å². The molecule has 21 heavy (non-hydrogen) atoms. The molecule has 0 spiro atoms. The van der Waals surface area contributed by atoms with Crippen molar-refractivity contribution in [3.05, 3.63) is 47.5 Å². The van der Waals surface area contributed by atoms with Crippen molar-refractivity contribution in [3.8, 4) is 0 Å². The summed E-state index contributed by atoms with van der Waals surface area (Å²) in [5, 5.41) is 15.5. The molecule has 1 unspecified atom stereocenters. The zero-order valence-corrected chi connectivity index (χ0v) is 12.8. The molecule has 4 heteroatoms. The Labute approximate surface area is 125 Å². The molecule has 4 nitrogen and oxygen atoms in total. The minimum Gasteiger partial charge on any atom is -0.411 e. The summed E-state index contributed by atoms with van der Waals surface area (Å²) in [6, 6.07) is 9.20. The number of nitrogens with zero attached hydrogens (tertiary/aromatic N) is 1. The first-order valence-corrected chi connectivity index (χ1v) is 7.19. The number of hydrogen-bond donors (Lipinski definition) is 2. The first kappa shape index (κ1) is 15.3. The van der Waals surface area contributed by atoms with Crippen LogP contribution in [-0.2, 0) is 0 Å². The molecule has 0 radical (unpaired) electrons. The van der Waals surface area contributed by atoms with Crippen molar-refractivity contribution in [3.63, 3.8) is 0 Å². The molecule has 0 saturated carbocycles. The van der Waals surface area contributed by atoms with Gasteiger partial charge in [-0.1, -0.05) is 29.4 Å². The van der Waals surface area contributed by atoms with Crippen molar-refractivity contribution < 1.29 is 10.0 Å². The van der Waals surface area contributed by atoms with Crippen molar-refractivity contribution in [2.24, 2.45) is 11.1 Å². The third-order valence-electron chi connectivity index (χ3n) is 4.22. The summed E-state index contributed by atoms with van der Waals surface area (Å²) in [5.41, 5.74) is 2.00. The Morgan fingerprint density at radius 1 is 1.33 bits per heavy atom. The van der Waals surface area contributed by atoms with E-state index in [0.29, 0.717) is 17.7 Å². The Hall–Kier alpha value is -2.10.